The number of aromatic nitrogens is 1. The van der Waals surface area contributed by atoms with Gasteiger partial charge in [-0.15, -0.1) is 0 Å². The summed E-state index contributed by atoms with van der Waals surface area (Å²) in [5.74, 6) is 1.75. The molecule has 7 heteroatoms. The Balaban J connectivity index is 1.88. The molecule has 1 atom stereocenters. The number of amides is 1. The number of carbonyl (C=O) groups is 1. The zero-order chi connectivity index (χ0) is 19.8. The summed E-state index contributed by atoms with van der Waals surface area (Å²) < 4.78 is 12.2. The Bertz CT molecular complexity index is 1100. The number of rotatable bonds is 4. The van der Waals surface area contributed by atoms with Gasteiger partial charge >= 0.3 is 4.87 Å². The summed E-state index contributed by atoms with van der Waals surface area (Å²) in [6.07, 6.45) is 0.275. The molecule has 0 radical (unpaired) electrons. The second-order valence-corrected chi connectivity index (χ2v) is 7.57. The van der Waals surface area contributed by atoms with Crippen LogP contribution in [0.25, 0.3) is 0 Å². The molecule has 1 unspecified atom stereocenters. The van der Waals surface area contributed by atoms with Crippen LogP contribution in [0.2, 0.25) is 0 Å². The molecule has 0 N–H and O–H groups in total. The number of nitrogens with zero attached hydrogens (tertiary/aromatic N) is 2. The molecule has 1 aliphatic rings. The van der Waals surface area contributed by atoms with Gasteiger partial charge in [0.15, 0.2) is 0 Å². The van der Waals surface area contributed by atoms with Crippen LogP contribution < -0.4 is 19.2 Å². The van der Waals surface area contributed by atoms with Gasteiger partial charge in [0.2, 0.25) is 5.91 Å². The molecular weight excluding hydrogens is 376 g/mol. The van der Waals surface area contributed by atoms with Crippen LogP contribution in [-0.4, -0.2) is 24.7 Å². The lowest BCUT2D eigenvalue weighted by Crippen LogP contribution is -2.34. The molecule has 0 spiro atoms. The molecule has 144 valence electrons. The standard InChI is InChI=1S/C21H20N2O4S/c1-22-20-19(28-21(22)25)17(13-6-4-8-15(10-13)26-2)12-18(24)23(20)14-7-5-9-16(11-14)27-3/h4-11,17H,12H2,1-3H3. The zero-order valence-electron chi connectivity index (χ0n) is 15.8. The maximum absolute atomic E-state index is 13.2. The van der Waals surface area contributed by atoms with E-state index in [1.807, 2.05) is 42.5 Å². The van der Waals surface area contributed by atoms with Crippen LogP contribution in [0.15, 0.2) is 53.3 Å². The van der Waals surface area contributed by atoms with Crippen LogP contribution in [0, 0.1) is 0 Å². The van der Waals surface area contributed by atoms with Crippen LogP contribution in [0.5, 0.6) is 11.5 Å². The Morgan fingerprint density at radius 1 is 1.00 bits per heavy atom. The fourth-order valence-electron chi connectivity index (χ4n) is 3.57. The van der Waals surface area contributed by atoms with E-state index in [1.165, 1.54) is 11.3 Å². The molecule has 2 aromatic carbocycles. The number of anilines is 2. The van der Waals surface area contributed by atoms with Gasteiger partial charge in [0, 0.05) is 25.5 Å². The Kier molecular flexibility index (Phi) is 4.68. The average molecular weight is 396 g/mol. The largest absolute Gasteiger partial charge is 0.497 e. The van der Waals surface area contributed by atoms with Gasteiger partial charge in [-0.1, -0.05) is 29.5 Å². The van der Waals surface area contributed by atoms with Crippen molar-refractivity contribution in [1.29, 1.82) is 0 Å². The number of methoxy groups -OCH3 is 2. The summed E-state index contributed by atoms with van der Waals surface area (Å²) in [4.78, 5) is 28.1. The van der Waals surface area contributed by atoms with Gasteiger partial charge in [-0.25, -0.2) is 0 Å². The van der Waals surface area contributed by atoms with Gasteiger partial charge in [-0.05, 0) is 29.8 Å². The van der Waals surface area contributed by atoms with Crippen molar-refractivity contribution in [3.63, 3.8) is 0 Å². The lowest BCUT2D eigenvalue weighted by molar-refractivity contribution is -0.118. The Morgan fingerprint density at radius 3 is 2.39 bits per heavy atom. The summed E-state index contributed by atoms with van der Waals surface area (Å²) in [7, 11) is 4.90. The third-order valence-electron chi connectivity index (χ3n) is 4.97. The molecule has 0 fully saturated rings. The highest BCUT2D eigenvalue weighted by Crippen LogP contribution is 2.45. The fraction of sp³-hybridized carbons (Fsp3) is 0.238. The Hall–Kier alpha value is -3.06. The monoisotopic (exact) mass is 396 g/mol. The molecule has 28 heavy (non-hydrogen) atoms. The van der Waals surface area contributed by atoms with Crippen molar-refractivity contribution in [3.05, 3.63) is 68.6 Å². The first-order valence-electron chi connectivity index (χ1n) is 8.84. The van der Waals surface area contributed by atoms with Gasteiger partial charge < -0.3 is 9.47 Å². The van der Waals surface area contributed by atoms with E-state index < -0.39 is 0 Å². The maximum atomic E-state index is 13.2. The normalized spacial score (nSPS) is 16.0. The number of carbonyl (C=O) groups excluding carboxylic acids is 1. The molecule has 1 aromatic heterocycles. The molecule has 4 rings (SSSR count). The van der Waals surface area contributed by atoms with Crippen LogP contribution in [-0.2, 0) is 11.8 Å². The van der Waals surface area contributed by atoms with Gasteiger partial charge in [-0.2, -0.15) is 0 Å². The quantitative estimate of drug-likeness (QED) is 0.675. The predicted octanol–water partition coefficient (Wildman–Crippen LogP) is 3.66. The van der Waals surface area contributed by atoms with E-state index in [2.05, 4.69) is 0 Å². The number of benzene rings is 2. The van der Waals surface area contributed by atoms with Gasteiger partial charge in [0.1, 0.15) is 17.3 Å². The highest BCUT2D eigenvalue weighted by atomic mass is 32.1. The smallest absolute Gasteiger partial charge is 0.308 e. The molecule has 0 aliphatic carbocycles. The molecule has 1 aliphatic heterocycles. The topological polar surface area (TPSA) is 60.8 Å². The van der Waals surface area contributed by atoms with Gasteiger partial charge in [-0.3, -0.25) is 19.1 Å². The van der Waals surface area contributed by atoms with Crippen molar-refractivity contribution in [1.82, 2.24) is 4.57 Å². The van der Waals surface area contributed by atoms with E-state index >= 15 is 0 Å². The molecule has 3 aromatic rings. The first kappa shape index (κ1) is 18.3. The summed E-state index contributed by atoms with van der Waals surface area (Å²) in [5, 5.41) is 0. The minimum Gasteiger partial charge on any atom is -0.497 e. The van der Waals surface area contributed by atoms with Crippen molar-refractivity contribution in [2.24, 2.45) is 7.05 Å². The first-order chi connectivity index (χ1) is 13.5. The number of hydrogen-bond acceptors (Lipinski definition) is 5. The average Bonchev–Trinajstić information content (AvgIpc) is 3.02. The minimum absolute atomic E-state index is 0.0676. The molecule has 2 heterocycles. The third kappa shape index (κ3) is 2.97. The SMILES string of the molecule is COc1cccc(C2CC(=O)N(c3cccc(OC)c3)c3c2sc(=O)n3C)c1. The summed E-state index contributed by atoms with van der Waals surface area (Å²) in [5.41, 5.74) is 1.64. The predicted molar refractivity (Wildman–Crippen MR) is 109 cm³/mol. The van der Waals surface area contributed by atoms with E-state index in [9.17, 15) is 9.59 Å². The van der Waals surface area contributed by atoms with Crippen LogP contribution >= 0.6 is 11.3 Å². The highest BCUT2D eigenvalue weighted by molar-refractivity contribution is 7.10. The van der Waals surface area contributed by atoms with E-state index in [0.717, 1.165) is 16.2 Å². The summed E-state index contributed by atoms with van der Waals surface area (Å²) >= 11 is 1.19. The second kappa shape index (κ2) is 7.16. The molecule has 6 nitrogen and oxygen atoms in total. The minimum atomic E-state index is -0.182. The van der Waals surface area contributed by atoms with E-state index in [4.69, 9.17) is 9.47 Å². The summed E-state index contributed by atoms with van der Waals surface area (Å²) in [6.45, 7) is 0. The number of fused-ring (bicyclic) bond motifs is 1. The zero-order valence-corrected chi connectivity index (χ0v) is 16.7. The van der Waals surface area contributed by atoms with Gasteiger partial charge in [0.05, 0.1) is 24.8 Å². The molecule has 0 bridgehead atoms. The van der Waals surface area contributed by atoms with Crippen molar-refractivity contribution in [2.75, 3.05) is 19.1 Å². The number of hydrogen-bond donors (Lipinski definition) is 0. The Labute approximate surface area is 166 Å². The lowest BCUT2D eigenvalue weighted by Gasteiger charge is -2.32. The molecule has 0 saturated heterocycles. The molecular formula is C21H20N2O4S. The number of thiazole rings is 1. The van der Waals surface area contributed by atoms with Crippen molar-refractivity contribution >= 4 is 28.7 Å². The maximum Gasteiger partial charge on any atom is 0.308 e. The second-order valence-electron chi connectivity index (χ2n) is 6.58. The lowest BCUT2D eigenvalue weighted by atomic mass is 9.90. The van der Waals surface area contributed by atoms with Crippen LogP contribution in [0.4, 0.5) is 11.5 Å². The number of ether oxygens (including phenoxy) is 2. The van der Waals surface area contributed by atoms with Crippen molar-refractivity contribution < 1.29 is 14.3 Å². The van der Waals surface area contributed by atoms with E-state index in [-0.39, 0.29) is 23.1 Å². The van der Waals surface area contributed by atoms with Gasteiger partial charge in [0.25, 0.3) is 0 Å². The van der Waals surface area contributed by atoms with Crippen molar-refractivity contribution in [3.8, 4) is 11.5 Å². The van der Waals surface area contributed by atoms with Crippen molar-refractivity contribution in [2.45, 2.75) is 12.3 Å². The molecule has 0 saturated carbocycles. The van der Waals surface area contributed by atoms with E-state index in [0.29, 0.717) is 17.3 Å². The highest BCUT2D eigenvalue weighted by Gasteiger charge is 2.37. The fourth-order valence-corrected chi connectivity index (χ4v) is 4.66. The third-order valence-corrected chi connectivity index (χ3v) is 6.11. The van der Waals surface area contributed by atoms with Crippen LogP contribution in [0.3, 0.4) is 0 Å². The van der Waals surface area contributed by atoms with E-state index in [1.54, 1.807) is 36.8 Å². The summed E-state index contributed by atoms with van der Waals surface area (Å²) in [6, 6.07) is 15.0. The Morgan fingerprint density at radius 2 is 1.68 bits per heavy atom. The molecule has 1 amide bonds. The first-order valence-corrected chi connectivity index (χ1v) is 9.65. The van der Waals surface area contributed by atoms with Crippen LogP contribution in [0.1, 0.15) is 22.8 Å².